The van der Waals surface area contributed by atoms with Gasteiger partial charge in [0.1, 0.15) is 5.76 Å². The highest BCUT2D eigenvalue weighted by Crippen LogP contribution is 2.29. The molecule has 0 spiro atoms. The first-order valence-corrected chi connectivity index (χ1v) is 8.40. The number of rotatable bonds is 5. The van der Waals surface area contributed by atoms with Crippen LogP contribution in [0.1, 0.15) is 12.7 Å². The summed E-state index contributed by atoms with van der Waals surface area (Å²) in [5.41, 5.74) is 1.30. The van der Waals surface area contributed by atoms with E-state index >= 15 is 0 Å². The van der Waals surface area contributed by atoms with Crippen molar-refractivity contribution in [3.63, 3.8) is 0 Å². The second kappa shape index (κ2) is 7.11. The summed E-state index contributed by atoms with van der Waals surface area (Å²) in [5, 5.41) is 11.1. The molecule has 2 heterocycles. The molecule has 24 heavy (non-hydrogen) atoms. The van der Waals surface area contributed by atoms with Crippen LogP contribution in [0.5, 0.6) is 0 Å². The molecule has 6 nitrogen and oxygen atoms in total. The molecule has 3 aromatic rings. The number of hydrogen-bond donors (Lipinski definition) is 1. The molecule has 0 unspecified atom stereocenters. The number of benzene rings is 1. The number of aromatic nitrogens is 2. The van der Waals surface area contributed by atoms with Gasteiger partial charge >= 0.3 is 0 Å². The molecule has 0 bridgehead atoms. The van der Waals surface area contributed by atoms with Crippen molar-refractivity contribution in [2.24, 2.45) is 0 Å². The maximum atomic E-state index is 12.3. The summed E-state index contributed by atoms with van der Waals surface area (Å²) in [6, 6.07) is 8.81. The molecular formula is C16H14ClN3O3S. The topological polar surface area (TPSA) is 81.2 Å². The molecule has 0 aliphatic heterocycles. The van der Waals surface area contributed by atoms with Crippen LogP contribution in [0.2, 0.25) is 5.02 Å². The zero-order valence-electron chi connectivity index (χ0n) is 12.9. The summed E-state index contributed by atoms with van der Waals surface area (Å²) in [6.07, 6.45) is 1.56. The van der Waals surface area contributed by atoms with Crippen LogP contribution in [0, 0.1) is 6.92 Å². The van der Waals surface area contributed by atoms with Crippen LogP contribution in [0.15, 0.2) is 50.7 Å². The molecule has 0 aliphatic rings. The molecular weight excluding hydrogens is 350 g/mol. The van der Waals surface area contributed by atoms with E-state index in [-0.39, 0.29) is 5.91 Å². The Balaban J connectivity index is 1.66. The van der Waals surface area contributed by atoms with Crippen LogP contribution >= 0.6 is 23.4 Å². The number of furan rings is 1. The van der Waals surface area contributed by atoms with E-state index in [1.807, 2.05) is 6.92 Å². The molecule has 124 valence electrons. The lowest BCUT2D eigenvalue weighted by atomic mass is 10.3. The van der Waals surface area contributed by atoms with Crippen molar-refractivity contribution in [2.45, 2.75) is 24.3 Å². The minimum absolute atomic E-state index is 0.202. The van der Waals surface area contributed by atoms with Gasteiger partial charge in [0, 0.05) is 0 Å². The van der Waals surface area contributed by atoms with Crippen molar-refractivity contribution in [3.8, 4) is 11.5 Å². The van der Waals surface area contributed by atoms with Crippen LogP contribution in [-0.2, 0) is 4.79 Å². The standard InChI is InChI=1S/C16H14ClN3O3S/c1-9-11(7-8-22-9)15-19-20-16(23-15)24-10(2)14(21)18-13-6-4-3-5-12(13)17/h3-8,10H,1-2H3,(H,18,21)/t10-/m0/s1. The quantitative estimate of drug-likeness (QED) is 0.676. The van der Waals surface area contributed by atoms with Gasteiger partial charge in [-0.1, -0.05) is 35.5 Å². The lowest BCUT2D eigenvalue weighted by Gasteiger charge is -2.10. The Labute approximate surface area is 147 Å². The lowest BCUT2D eigenvalue weighted by Crippen LogP contribution is -2.22. The van der Waals surface area contributed by atoms with E-state index in [2.05, 4.69) is 15.5 Å². The van der Waals surface area contributed by atoms with Crippen molar-refractivity contribution in [3.05, 3.63) is 47.4 Å². The number of thioether (sulfide) groups is 1. The summed E-state index contributed by atoms with van der Waals surface area (Å²) in [4.78, 5) is 12.3. The van der Waals surface area contributed by atoms with Gasteiger partial charge in [-0.15, -0.1) is 10.2 Å². The van der Waals surface area contributed by atoms with Gasteiger partial charge in [-0.2, -0.15) is 0 Å². The Bertz CT molecular complexity index is 862. The normalized spacial score (nSPS) is 12.1. The van der Waals surface area contributed by atoms with E-state index in [0.717, 1.165) is 5.56 Å². The number of hydrogen-bond acceptors (Lipinski definition) is 6. The number of halogens is 1. The zero-order valence-corrected chi connectivity index (χ0v) is 14.5. The smallest absolute Gasteiger partial charge is 0.277 e. The number of aryl methyl sites for hydroxylation is 1. The van der Waals surface area contributed by atoms with Gasteiger partial charge in [-0.05, 0) is 32.0 Å². The van der Waals surface area contributed by atoms with Gasteiger partial charge in [0.15, 0.2) is 0 Å². The van der Waals surface area contributed by atoms with E-state index in [1.165, 1.54) is 11.8 Å². The number of para-hydroxylation sites is 1. The van der Waals surface area contributed by atoms with E-state index in [1.54, 1.807) is 43.5 Å². The second-order valence-electron chi connectivity index (χ2n) is 4.99. The number of carbonyl (C=O) groups is 1. The second-order valence-corrected chi connectivity index (χ2v) is 6.69. The molecule has 1 aromatic carbocycles. The van der Waals surface area contributed by atoms with Crippen LogP contribution < -0.4 is 5.32 Å². The van der Waals surface area contributed by atoms with Crippen molar-refractivity contribution in [1.82, 2.24) is 10.2 Å². The first kappa shape index (κ1) is 16.6. The predicted octanol–water partition coefficient (Wildman–Crippen LogP) is 4.41. The first-order chi connectivity index (χ1) is 11.5. The summed E-state index contributed by atoms with van der Waals surface area (Å²) >= 11 is 7.21. The molecule has 0 aliphatic carbocycles. The molecule has 1 N–H and O–H groups in total. The third-order valence-corrected chi connectivity index (χ3v) is 4.54. The molecule has 1 amide bonds. The lowest BCUT2D eigenvalue weighted by molar-refractivity contribution is -0.115. The number of carbonyl (C=O) groups excluding carboxylic acids is 1. The summed E-state index contributed by atoms with van der Waals surface area (Å²) < 4.78 is 10.8. The van der Waals surface area contributed by atoms with Gasteiger partial charge in [-0.3, -0.25) is 4.79 Å². The van der Waals surface area contributed by atoms with Crippen molar-refractivity contribution >= 4 is 35.0 Å². The first-order valence-electron chi connectivity index (χ1n) is 7.14. The molecule has 0 fully saturated rings. The van der Waals surface area contributed by atoms with Gasteiger partial charge in [0.05, 0.1) is 27.8 Å². The van der Waals surface area contributed by atoms with Gasteiger partial charge < -0.3 is 14.2 Å². The molecule has 3 rings (SSSR count). The fraction of sp³-hybridized carbons (Fsp3) is 0.188. The average Bonchev–Trinajstić information content (AvgIpc) is 3.18. The van der Waals surface area contributed by atoms with Gasteiger partial charge in [0.2, 0.25) is 5.91 Å². The summed E-state index contributed by atoms with van der Waals surface area (Å²) in [5.74, 6) is 0.856. The highest BCUT2D eigenvalue weighted by molar-refractivity contribution is 8.00. The maximum absolute atomic E-state index is 12.3. The van der Waals surface area contributed by atoms with Gasteiger partial charge in [0.25, 0.3) is 11.1 Å². The van der Waals surface area contributed by atoms with Crippen molar-refractivity contribution < 1.29 is 13.6 Å². The molecule has 1 atom stereocenters. The molecule has 0 saturated carbocycles. The van der Waals surface area contributed by atoms with E-state index in [4.69, 9.17) is 20.4 Å². The molecule has 2 aromatic heterocycles. The van der Waals surface area contributed by atoms with E-state index in [0.29, 0.717) is 27.6 Å². The fourth-order valence-electron chi connectivity index (χ4n) is 1.97. The Morgan fingerprint density at radius 3 is 2.79 bits per heavy atom. The highest BCUT2D eigenvalue weighted by Gasteiger charge is 2.20. The minimum atomic E-state index is -0.431. The summed E-state index contributed by atoms with van der Waals surface area (Å²) in [6.45, 7) is 3.57. The summed E-state index contributed by atoms with van der Waals surface area (Å²) in [7, 11) is 0. The Hall–Kier alpha value is -2.25. The number of anilines is 1. The number of nitrogens with zero attached hydrogens (tertiary/aromatic N) is 2. The van der Waals surface area contributed by atoms with Crippen LogP contribution in [0.25, 0.3) is 11.5 Å². The third-order valence-electron chi connectivity index (χ3n) is 3.27. The molecule has 0 radical (unpaired) electrons. The third kappa shape index (κ3) is 3.63. The zero-order chi connectivity index (χ0) is 17.1. The minimum Gasteiger partial charge on any atom is -0.469 e. The van der Waals surface area contributed by atoms with Crippen LogP contribution in [0.4, 0.5) is 5.69 Å². The highest BCUT2D eigenvalue weighted by atomic mass is 35.5. The van der Waals surface area contributed by atoms with Crippen molar-refractivity contribution in [1.29, 1.82) is 0 Å². The van der Waals surface area contributed by atoms with Crippen molar-refractivity contribution in [2.75, 3.05) is 5.32 Å². The predicted molar refractivity (Wildman–Crippen MR) is 92.1 cm³/mol. The fourth-order valence-corrected chi connectivity index (χ4v) is 2.84. The Morgan fingerprint density at radius 2 is 2.08 bits per heavy atom. The Kier molecular flexibility index (Phi) is 4.92. The average molecular weight is 364 g/mol. The largest absolute Gasteiger partial charge is 0.469 e. The SMILES string of the molecule is Cc1occc1-c1nnc(S[C@@H](C)C(=O)Nc2ccccc2Cl)o1. The maximum Gasteiger partial charge on any atom is 0.277 e. The monoisotopic (exact) mass is 363 g/mol. The number of nitrogens with one attached hydrogen (secondary N) is 1. The Morgan fingerprint density at radius 1 is 1.29 bits per heavy atom. The molecule has 8 heteroatoms. The van der Waals surface area contributed by atoms with Gasteiger partial charge in [-0.25, -0.2) is 0 Å². The van der Waals surface area contributed by atoms with Crippen LogP contribution in [-0.4, -0.2) is 21.4 Å². The van der Waals surface area contributed by atoms with E-state index in [9.17, 15) is 4.79 Å². The number of amides is 1. The van der Waals surface area contributed by atoms with E-state index < -0.39 is 5.25 Å². The van der Waals surface area contributed by atoms with Crippen LogP contribution in [0.3, 0.4) is 0 Å². The molecule has 0 saturated heterocycles.